The first-order chi connectivity index (χ1) is 19.5. The molecule has 2 fully saturated rings. The molecule has 6 rings (SSSR count). The molecule has 1 saturated heterocycles. The Morgan fingerprint density at radius 2 is 1.15 bits per heavy atom. The average Bonchev–Trinajstić information content (AvgIpc) is 3.62. The topological polar surface area (TPSA) is 82.1 Å². The second-order valence-corrected chi connectivity index (χ2v) is 10.1. The number of anilines is 1. The van der Waals surface area contributed by atoms with Gasteiger partial charge in [-0.15, -0.1) is 0 Å². The maximum absolute atomic E-state index is 13.8. The molecule has 0 radical (unpaired) electrons. The Hall–Kier alpha value is -4.65. The van der Waals surface area contributed by atoms with Crippen LogP contribution >= 0.6 is 0 Å². The SMILES string of the molecule is CCOC(=O)c1ccc(N2C(=O)[C@H]3[C@H](C2=O)[C@H]2C=C[C@H]3C2=C(c2ccc(OC)cc2)c2ccc(OC)cc2)cc1. The molecule has 2 aliphatic carbocycles. The number of imide groups is 1. The van der Waals surface area contributed by atoms with Crippen LogP contribution < -0.4 is 14.4 Å². The van der Waals surface area contributed by atoms with E-state index in [-0.39, 0.29) is 30.3 Å². The molecule has 2 amide bonds. The summed E-state index contributed by atoms with van der Waals surface area (Å²) in [6.07, 6.45) is 4.15. The Labute approximate surface area is 232 Å². The zero-order valence-electron chi connectivity index (χ0n) is 22.5. The first-order valence-corrected chi connectivity index (χ1v) is 13.3. The van der Waals surface area contributed by atoms with Crippen LogP contribution in [0.15, 0.2) is 90.5 Å². The van der Waals surface area contributed by atoms with Crippen molar-refractivity contribution in [2.75, 3.05) is 25.7 Å². The number of rotatable bonds is 7. The van der Waals surface area contributed by atoms with Crippen LogP contribution in [0.2, 0.25) is 0 Å². The summed E-state index contributed by atoms with van der Waals surface area (Å²) in [4.78, 5) is 41.0. The lowest BCUT2D eigenvalue weighted by atomic mass is 9.85. The van der Waals surface area contributed by atoms with Crippen LogP contribution in [0, 0.1) is 23.7 Å². The number of allylic oxidation sites excluding steroid dienone is 3. The molecule has 1 aliphatic heterocycles. The van der Waals surface area contributed by atoms with Gasteiger partial charge in [-0.3, -0.25) is 9.59 Å². The zero-order chi connectivity index (χ0) is 28.0. The van der Waals surface area contributed by atoms with Crippen LogP contribution in [0.25, 0.3) is 5.57 Å². The normalized spacial score (nSPS) is 22.5. The van der Waals surface area contributed by atoms with Crippen LogP contribution in [0.5, 0.6) is 11.5 Å². The van der Waals surface area contributed by atoms with Crippen LogP contribution in [-0.2, 0) is 14.3 Å². The minimum atomic E-state index is -0.478. The van der Waals surface area contributed by atoms with Crippen molar-refractivity contribution in [1.82, 2.24) is 0 Å². The van der Waals surface area contributed by atoms with E-state index in [4.69, 9.17) is 14.2 Å². The first kappa shape index (κ1) is 25.6. The summed E-state index contributed by atoms with van der Waals surface area (Å²) in [5, 5.41) is 0. The van der Waals surface area contributed by atoms with Gasteiger partial charge in [0.15, 0.2) is 0 Å². The van der Waals surface area contributed by atoms with Crippen molar-refractivity contribution in [1.29, 1.82) is 0 Å². The van der Waals surface area contributed by atoms with Gasteiger partial charge in [-0.25, -0.2) is 9.69 Å². The second-order valence-electron chi connectivity index (χ2n) is 10.1. The quantitative estimate of drug-likeness (QED) is 0.232. The zero-order valence-corrected chi connectivity index (χ0v) is 22.5. The monoisotopic (exact) mass is 535 g/mol. The Bertz CT molecular complexity index is 1450. The highest BCUT2D eigenvalue weighted by Crippen LogP contribution is 2.59. The molecule has 2 bridgehead atoms. The fourth-order valence-electron chi connectivity index (χ4n) is 6.33. The summed E-state index contributed by atoms with van der Waals surface area (Å²) >= 11 is 0. The number of carbonyl (C=O) groups is 3. The smallest absolute Gasteiger partial charge is 0.338 e. The Kier molecular flexibility index (Phi) is 6.50. The van der Waals surface area contributed by atoms with E-state index in [9.17, 15) is 14.4 Å². The van der Waals surface area contributed by atoms with Crippen molar-refractivity contribution in [2.45, 2.75) is 6.92 Å². The second kappa shape index (κ2) is 10.2. The van der Waals surface area contributed by atoms with Gasteiger partial charge in [0.1, 0.15) is 11.5 Å². The van der Waals surface area contributed by atoms with Crippen molar-refractivity contribution in [3.05, 3.63) is 107 Å². The van der Waals surface area contributed by atoms with Gasteiger partial charge in [-0.1, -0.05) is 36.4 Å². The molecule has 202 valence electrons. The van der Waals surface area contributed by atoms with E-state index in [1.807, 2.05) is 48.5 Å². The number of amides is 2. The minimum Gasteiger partial charge on any atom is -0.497 e. The Balaban J connectivity index is 1.39. The minimum absolute atomic E-state index is 0.200. The third-order valence-electron chi connectivity index (χ3n) is 8.10. The summed E-state index contributed by atoms with van der Waals surface area (Å²) in [6.45, 7) is 2.01. The summed E-state index contributed by atoms with van der Waals surface area (Å²) in [5.41, 5.74) is 4.93. The summed E-state index contributed by atoms with van der Waals surface area (Å²) in [5.74, 6) is -0.712. The fraction of sp³-hybridized carbons (Fsp3) is 0.242. The Morgan fingerprint density at radius 3 is 1.57 bits per heavy atom. The highest BCUT2D eigenvalue weighted by atomic mass is 16.5. The van der Waals surface area contributed by atoms with Crippen molar-refractivity contribution >= 4 is 29.0 Å². The number of methoxy groups -OCH3 is 2. The highest BCUT2D eigenvalue weighted by Gasteiger charge is 2.62. The molecule has 40 heavy (non-hydrogen) atoms. The maximum Gasteiger partial charge on any atom is 0.338 e. The van der Waals surface area contributed by atoms with Gasteiger partial charge in [0.25, 0.3) is 0 Å². The van der Waals surface area contributed by atoms with Crippen molar-refractivity contribution in [3.8, 4) is 11.5 Å². The number of ether oxygens (including phenoxy) is 3. The van der Waals surface area contributed by atoms with E-state index in [2.05, 4.69) is 12.2 Å². The number of hydrogen-bond donors (Lipinski definition) is 0. The van der Waals surface area contributed by atoms with Crippen molar-refractivity contribution in [2.24, 2.45) is 23.7 Å². The molecule has 1 heterocycles. The number of benzene rings is 3. The van der Waals surface area contributed by atoms with E-state index in [1.165, 1.54) is 4.90 Å². The van der Waals surface area contributed by atoms with Gasteiger partial charge in [-0.05, 0) is 77.7 Å². The summed E-state index contributed by atoms with van der Waals surface area (Å²) in [6, 6.07) is 22.2. The molecule has 0 spiro atoms. The molecule has 0 unspecified atom stereocenters. The van der Waals surface area contributed by atoms with Crippen LogP contribution in [-0.4, -0.2) is 38.6 Å². The molecular formula is C33H29NO6. The lowest BCUT2D eigenvalue weighted by Crippen LogP contribution is -2.33. The predicted molar refractivity (Wildman–Crippen MR) is 150 cm³/mol. The van der Waals surface area contributed by atoms with Gasteiger partial charge >= 0.3 is 5.97 Å². The fourth-order valence-corrected chi connectivity index (χ4v) is 6.33. The largest absolute Gasteiger partial charge is 0.497 e. The molecule has 4 atom stereocenters. The van der Waals surface area contributed by atoms with E-state index < -0.39 is 17.8 Å². The van der Waals surface area contributed by atoms with Crippen molar-refractivity contribution < 1.29 is 28.6 Å². The molecule has 0 N–H and O–H groups in total. The standard InChI is InChI=1S/C33H29NO6/c1-4-40-33(37)21-5-11-22(12-6-21)34-31(35)29-25-17-18-26(30(29)32(34)36)28(25)27(19-7-13-23(38-2)14-8-19)20-9-15-24(39-3)16-10-20/h5-18,25-26,29-30H,4H2,1-3H3/t25-,26-,29+,30+/m0/s1. The Morgan fingerprint density at radius 1 is 0.700 bits per heavy atom. The molecule has 0 aromatic heterocycles. The van der Waals surface area contributed by atoms with Gasteiger partial charge in [0.05, 0.1) is 43.9 Å². The third kappa shape index (κ3) is 4.01. The van der Waals surface area contributed by atoms with E-state index in [0.717, 1.165) is 33.8 Å². The molecule has 3 aromatic rings. The van der Waals surface area contributed by atoms with Crippen molar-refractivity contribution in [3.63, 3.8) is 0 Å². The average molecular weight is 536 g/mol. The molecule has 3 aromatic carbocycles. The predicted octanol–water partition coefficient (Wildman–Crippen LogP) is 5.30. The van der Waals surface area contributed by atoms with Gasteiger partial charge in [0, 0.05) is 11.8 Å². The van der Waals surface area contributed by atoms with E-state index in [1.54, 1.807) is 45.4 Å². The number of esters is 1. The molecule has 1 saturated carbocycles. The van der Waals surface area contributed by atoms with Gasteiger partial charge in [-0.2, -0.15) is 0 Å². The van der Waals surface area contributed by atoms with E-state index >= 15 is 0 Å². The first-order valence-electron chi connectivity index (χ1n) is 13.3. The van der Waals surface area contributed by atoms with E-state index in [0.29, 0.717) is 11.3 Å². The lowest BCUT2D eigenvalue weighted by Gasteiger charge is -2.22. The van der Waals surface area contributed by atoms with Gasteiger partial charge < -0.3 is 14.2 Å². The molecular weight excluding hydrogens is 506 g/mol. The number of nitrogens with zero attached hydrogens (tertiary/aromatic N) is 1. The third-order valence-corrected chi connectivity index (χ3v) is 8.10. The summed E-state index contributed by atoms with van der Waals surface area (Å²) in [7, 11) is 3.26. The molecule has 7 nitrogen and oxygen atoms in total. The highest BCUT2D eigenvalue weighted by molar-refractivity contribution is 6.23. The van der Waals surface area contributed by atoms with Crippen LogP contribution in [0.4, 0.5) is 5.69 Å². The van der Waals surface area contributed by atoms with Gasteiger partial charge in [0.2, 0.25) is 11.8 Å². The van der Waals surface area contributed by atoms with Crippen LogP contribution in [0.3, 0.4) is 0 Å². The maximum atomic E-state index is 13.8. The summed E-state index contributed by atoms with van der Waals surface area (Å²) < 4.78 is 15.8. The number of hydrogen-bond acceptors (Lipinski definition) is 6. The lowest BCUT2D eigenvalue weighted by molar-refractivity contribution is -0.122. The molecule has 7 heteroatoms. The number of carbonyl (C=O) groups excluding carboxylic acids is 3. The van der Waals surface area contributed by atoms with Crippen LogP contribution in [0.1, 0.15) is 28.4 Å². The number of fused-ring (bicyclic) bond motifs is 5. The molecule has 3 aliphatic rings.